The Morgan fingerprint density at radius 1 is 0.277 bits per heavy atom. The van der Waals surface area contributed by atoms with Crippen molar-refractivity contribution in [2.75, 3.05) is 9.80 Å². The molecule has 12 aromatic rings. The molecule has 1 heterocycles. The van der Waals surface area contributed by atoms with E-state index in [4.69, 9.17) is 4.98 Å². The minimum absolute atomic E-state index is 1.02. The Morgan fingerprint density at radius 3 is 1.22 bits per heavy atom. The molecule has 0 saturated heterocycles. The van der Waals surface area contributed by atoms with Crippen LogP contribution < -0.4 is 9.80 Å². The van der Waals surface area contributed by atoms with Gasteiger partial charge >= 0.3 is 0 Å². The van der Waals surface area contributed by atoms with Gasteiger partial charge in [-0.1, -0.05) is 158 Å². The molecule has 0 spiro atoms. The molecule has 0 atom stereocenters. The van der Waals surface area contributed by atoms with E-state index in [-0.39, 0.29) is 0 Å². The summed E-state index contributed by atoms with van der Waals surface area (Å²) in [5, 5.41) is 8.22. The molecule has 0 aliphatic rings. The maximum absolute atomic E-state index is 5.45. The number of para-hydroxylation sites is 4. The van der Waals surface area contributed by atoms with Crippen LogP contribution in [-0.2, 0) is 0 Å². The van der Waals surface area contributed by atoms with Crippen molar-refractivity contribution in [2.24, 2.45) is 0 Å². The van der Waals surface area contributed by atoms with Gasteiger partial charge in [-0.25, -0.2) is 4.98 Å². The highest BCUT2D eigenvalue weighted by Crippen LogP contribution is 2.45. The second-order valence-electron chi connectivity index (χ2n) is 16.4. The first kappa shape index (κ1) is 38.4. The molecule has 0 radical (unpaired) electrons. The van der Waals surface area contributed by atoms with Crippen molar-refractivity contribution in [2.45, 2.75) is 0 Å². The molecule has 0 aliphatic carbocycles. The van der Waals surface area contributed by atoms with Gasteiger partial charge in [-0.3, -0.25) is 0 Å². The minimum Gasteiger partial charge on any atom is -0.310 e. The zero-order valence-corrected chi connectivity index (χ0v) is 36.2. The molecule has 4 heteroatoms. The molecule has 0 N–H and O–H groups in total. The van der Waals surface area contributed by atoms with Gasteiger partial charge in [-0.05, 0) is 135 Å². The lowest BCUT2D eigenvalue weighted by atomic mass is 9.93. The molecule has 11 aromatic carbocycles. The third-order valence-corrected chi connectivity index (χ3v) is 13.5. The third-order valence-electron chi connectivity index (χ3n) is 12.4. The van der Waals surface area contributed by atoms with Crippen molar-refractivity contribution in [1.82, 2.24) is 4.98 Å². The lowest BCUT2D eigenvalue weighted by Crippen LogP contribution is -2.09. The van der Waals surface area contributed by atoms with Crippen LogP contribution in [0.4, 0.5) is 34.1 Å². The molecule has 0 bridgehead atoms. The molecular weight excluding hydrogens is 807 g/mol. The van der Waals surface area contributed by atoms with Gasteiger partial charge in [-0.15, -0.1) is 11.3 Å². The summed E-state index contributed by atoms with van der Waals surface area (Å²) in [7, 11) is 0. The highest BCUT2D eigenvalue weighted by atomic mass is 32.1. The van der Waals surface area contributed by atoms with Crippen LogP contribution in [0, 0.1) is 0 Å². The molecule has 3 nitrogen and oxygen atoms in total. The fraction of sp³-hybridized carbons (Fsp3) is 0. The van der Waals surface area contributed by atoms with E-state index < -0.39 is 0 Å². The van der Waals surface area contributed by atoms with Crippen LogP contribution in [0.15, 0.2) is 249 Å². The zero-order valence-electron chi connectivity index (χ0n) is 35.4. The van der Waals surface area contributed by atoms with Gasteiger partial charge < -0.3 is 9.80 Å². The summed E-state index contributed by atoms with van der Waals surface area (Å²) in [6.07, 6.45) is 0. The molecule has 0 saturated carbocycles. The van der Waals surface area contributed by atoms with Gasteiger partial charge in [0.2, 0.25) is 0 Å². The number of anilines is 6. The van der Waals surface area contributed by atoms with Gasteiger partial charge in [0.05, 0.1) is 10.2 Å². The fourth-order valence-corrected chi connectivity index (χ4v) is 10.4. The Bertz CT molecular complexity index is 3380. The fourth-order valence-electron chi connectivity index (χ4n) is 9.28. The monoisotopic (exact) mass is 847 g/mol. The quantitative estimate of drug-likeness (QED) is 0.135. The summed E-state index contributed by atoms with van der Waals surface area (Å²) in [4.78, 5) is 10.1. The number of thiazole rings is 1. The van der Waals surface area contributed by atoms with Crippen LogP contribution in [0.3, 0.4) is 0 Å². The van der Waals surface area contributed by atoms with Gasteiger partial charge in [0.1, 0.15) is 5.01 Å². The van der Waals surface area contributed by atoms with Crippen molar-refractivity contribution in [3.05, 3.63) is 249 Å². The Kier molecular flexibility index (Phi) is 9.70. The van der Waals surface area contributed by atoms with E-state index in [2.05, 4.69) is 259 Å². The zero-order chi connectivity index (χ0) is 43.1. The molecule has 0 unspecified atom stereocenters. The summed E-state index contributed by atoms with van der Waals surface area (Å²) in [6.45, 7) is 0. The summed E-state index contributed by atoms with van der Waals surface area (Å²) >= 11 is 1.78. The number of aromatic nitrogens is 1. The van der Waals surface area contributed by atoms with Crippen LogP contribution in [0.2, 0.25) is 0 Å². The maximum atomic E-state index is 5.45. The maximum Gasteiger partial charge on any atom is 0.124 e. The summed E-state index contributed by atoms with van der Waals surface area (Å²) in [5.41, 5.74) is 13.4. The molecule has 306 valence electrons. The average Bonchev–Trinajstić information content (AvgIpc) is 3.84. The van der Waals surface area contributed by atoms with E-state index in [1.165, 1.54) is 31.6 Å². The second-order valence-corrected chi connectivity index (χ2v) is 17.4. The van der Waals surface area contributed by atoms with Crippen molar-refractivity contribution >= 4 is 88.0 Å². The van der Waals surface area contributed by atoms with Gasteiger partial charge in [0, 0.05) is 50.5 Å². The Balaban J connectivity index is 1.04. The Labute approximate surface area is 382 Å². The first-order chi connectivity index (χ1) is 32.2. The highest BCUT2D eigenvalue weighted by Gasteiger charge is 2.19. The largest absolute Gasteiger partial charge is 0.310 e. The summed E-state index contributed by atoms with van der Waals surface area (Å²) in [5.74, 6) is 0. The van der Waals surface area contributed by atoms with Crippen molar-refractivity contribution in [3.8, 4) is 32.8 Å². The minimum atomic E-state index is 1.02. The number of rotatable bonds is 9. The smallest absolute Gasteiger partial charge is 0.124 e. The van der Waals surface area contributed by atoms with Crippen LogP contribution >= 0.6 is 11.3 Å². The number of hydrogen-bond acceptors (Lipinski definition) is 4. The number of nitrogens with zero attached hydrogens (tertiary/aromatic N) is 3. The third kappa shape index (κ3) is 7.16. The van der Waals surface area contributed by atoms with Crippen molar-refractivity contribution < 1.29 is 0 Å². The van der Waals surface area contributed by atoms with E-state index in [1.54, 1.807) is 11.3 Å². The summed E-state index contributed by atoms with van der Waals surface area (Å²) in [6, 6.07) is 89.4. The van der Waals surface area contributed by atoms with E-state index in [9.17, 15) is 0 Å². The Morgan fingerprint density at radius 2 is 0.692 bits per heavy atom. The van der Waals surface area contributed by atoms with Crippen LogP contribution in [0.25, 0.3) is 75.4 Å². The molecule has 0 fully saturated rings. The van der Waals surface area contributed by atoms with Gasteiger partial charge in [-0.2, -0.15) is 0 Å². The van der Waals surface area contributed by atoms with Crippen molar-refractivity contribution in [3.63, 3.8) is 0 Å². The summed E-state index contributed by atoms with van der Waals surface area (Å²) < 4.78 is 1.20. The molecule has 65 heavy (non-hydrogen) atoms. The van der Waals surface area contributed by atoms with E-state index in [0.717, 1.165) is 77.9 Å². The Hall–Kier alpha value is -8.31. The molecule has 0 amide bonds. The van der Waals surface area contributed by atoms with Crippen LogP contribution in [-0.4, -0.2) is 4.98 Å². The predicted molar refractivity (Wildman–Crippen MR) is 278 cm³/mol. The first-order valence-corrected chi connectivity index (χ1v) is 22.8. The first-order valence-electron chi connectivity index (χ1n) is 22.0. The lowest BCUT2D eigenvalue weighted by molar-refractivity contribution is 1.28. The molecular formula is C61H41N3S. The van der Waals surface area contributed by atoms with E-state index >= 15 is 0 Å². The topological polar surface area (TPSA) is 19.4 Å². The number of hydrogen-bond donors (Lipinski definition) is 0. The average molecular weight is 848 g/mol. The predicted octanol–water partition coefficient (Wildman–Crippen LogP) is 17.7. The molecule has 1 aromatic heterocycles. The van der Waals surface area contributed by atoms with E-state index in [0.29, 0.717) is 0 Å². The second kappa shape index (κ2) is 16.4. The number of benzene rings is 11. The molecule has 0 aliphatic heterocycles. The van der Waals surface area contributed by atoms with Crippen molar-refractivity contribution in [1.29, 1.82) is 0 Å². The van der Waals surface area contributed by atoms with Crippen LogP contribution in [0.1, 0.15) is 0 Å². The van der Waals surface area contributed by atoms with E-state index in [1.807, 2.05) is 0 Å². The highest BCUT2D eigenvalue weighted by molar-refractivity contribution is 7.22. The van der Waals surface area contributed by atoms with Crippen LogP contribution in [0.5, 0.6) is 0 Å². The van der Waals surface area contributed by atoms with Gasteiger partial charge in [0.25, 0.3) is 0 Å². The lowest BCUT2D eigenvalue weighted by Gasteiger charge is -2.26. The normalized spacial score (nSPS) is 11.4. The molecule has 12 rings (SSSR count). The SMILES string of the molecule is c1ccc(N(c2ccccc2)c2cccc(-c3ccc4c(c3)c3cc(-c5cccc(N(c6ccccc6)c6ccccc6)c5)ccc3c3sc(-c5ccc6ccccc6c5)nc43)c2)cc1. The number of fused-ring (bicyclic) bond motifs is 7. The standard InChI is InChI=1S/C61H41N3S/c1-5-21-49(22-6-1)63(50-23-7-2-8-24-50)53-29-15-19-44(38-53)46-33-35-55-57(40-46)58-41-47(45-20-16-30-54(39-45)64(51-25-9-3-10-26-51)52-27-11-4-12-28-52)34-36-56(58)60-59(55)62-61(65-60)48-32-31-42-17-13-14-18-43(42)37-48/h1-41H. The van der Waals surface area contributed by atoms with Gasteiger partial charge in [0.15, 0.2) is 0 Å².